The molecule has 5 rings (SSSR count). The van der Waals surface area contributed by atoms with Crippen LogP contribution in [0.3, 0.4) is 0 Å². The molecule has 228 valence electrons. The van der Waals surface area contributed by atoms with Crippen LogP contribution in [0.2, 0.25) is 5.02 Å². The molecule has 0 radical (unpaired) electrons. The fourth-order valence-corrected chi connectivity index (χ4v) is 8.34. The van der Waals surface area contributed by atoms with Crippen molar-refractivity contribution in [2.24, 2.45) is 22.9 Å². The van der Waals surface area contributed by atoms with Crippen molar-refractivity contribution in [1.29, 1.82) is 0 Å². The van der Waals surface area contributed by atoms with Crippen molar-refractivity contribution in [2.45, 2.75) is 75.7 Å². The van der Waals surface area contributed by atoms with Crippen molar-refractivity contribution in [3.63, 3.8) is 0 Å². The summed E-state index contributed by atoms with van der Waals surface area (Å²) in [6.45, 7) is 1.79. The number of aliphatic hydroxyl groups is 1. The SMILES string of the molecule is NS(=O)(=O)[C@@H]1CCC[C@@H]1C/C=C/[C@H](O)[C@@H]1CC[C@H]1CN1CCCCc2cc(Cl)ccc2COc2ccc(C(=O)O)cc21. The molecule has 42 heavy (non-hydrogen) atoms. The number of anilines is 1. The number of hydrogen-bond acceptors (Lipinski definition) is 6. The standard InChI is InChI=1S/C32H41ClN2O6S/c33-26-13-10-25-20-41-30-15-12-23(32(37)38)18-28(30)35(16-2-1-5-22(25)17-26)19-24-11-14-27(24)29(36)8-3-6-21-7-4-9-31(21)42(34,39)40/h3,8,10,12-13,15,17-18,21,24,27,29,31,36H,1-2,4-7,9,11,14,16,19-20H2,(H,37,38)(H2,34,39,40)/b8-3+/t21-,24-,27+,29-,31+/m0/s1. The van der Waals surface area contributed by atoms with Crippen molar-refractivity contribution in [2.75, 3.05) is 18.0 Å². The zero-order chi connectivity index (χ0) is 29.9. The van der Waals surface area contributed by atoms with Gasteiger partial charge in [0.15, 0.2) is 0 Å². The Morgan fingerprint density at radius 2 is 1.90 bits per heavy atom. The van der Waals surface area contributed by atoms with Gasteiger partial charge in [-0.1, -0.05) is 36.2 Å². The fourth-order valence-electron chi connectivity index (χ4n) is 6.87. The van der Waals surface area contributed by atoms with E-state index in [9.17, 15) is 23.4 Å². The molecule has 2 saturated carbocycles. The molecule has 0 amide bonds. The van der Waals surface area contributed by atoms with E-state index >= 15 is 0 Å². The average molecular weight is 617 g/mol. The summed E-state index contributed by atoms with van der Waals surface area (Å²) in [5.41, 5.74) is 3.21. The largest absolute Gasteiger partial charge is 0.487 e. The molecule has 0 saturated heterocycles. The van der Waals surface area contributed by atoms with Gasteiger partial charge in [0.25, 0.3) is 0 Å². The van der Waals surface area contributed by atoms with Gasteiger partial charge in [-0.25, -0.2) is 18.4 Å². The molecule has 4 N–H and O–H groups in total. The van der Waals surface area contributed by atoms with Crippen LogP contribution in [0.15, 0.2) is 48.6 Å². The van der Waals surface area contributed by atoms with Crippen molar-refractivity contribution in [3.8, 4) is 5.75 Å². The molecule has 2 aliphatic carbocycles. The summed E-state index contributed by atoms with van der Waals surface area (Å²) in [5.74, 6) is -0.0340. The highest BCUT2D eigenvalue weighted by atomic mass is 35.5. The third kappa shape index (κ3) is 7.30. The van der Waals surface area contributed by atoms with E-state index in [1.54, 1.807) is 18.2 Å². The number of carboxylic acids is 1. The van der Waals surface area contributed by atoms with Crippen LogP contribution in [0.25, 0.3) is 0 Å². The van der Waals surface area contributed by atoms with E-state index in [0.717, 1.165) is 62.7 Å². The molecule has 1 heterocycles. The van der Waals surface area contributed by atoms with Gasteiger partial charge in [0.05, 0.1) is 22.6 Å². The topological polar surface area (TPSA) is 130 Å². The van der Waals surface area contributed by atoms with E-state index in [0.29, 0.717) is 36.8 Å². The minimum Gasteiger partial charge on any atom is -0.487 e. The Morgan fingerprint density at radius 1 is 1.07 bits per heavy atom. The highest BCUT2D eigenvalue weighted by molar-refractivity contribution is 7.89. The molecule has 0 unspecified atom stereocenters. The summed E-state index contributed by atoms with van der Waals surface area (Å²) in [6, 6.07) is 10.9. The number of aliphatic hydroxyl groups excluding tert-OH is 1. The third-order valence-electron chi connectivity index (χ3n) is 9.38. The zero-order valence-electron chi connectivity index (χ0n) is 23.8. The monoisotopic (exact) mass is 616 g/mol. The number of ether oxygens (including phenoxy) is 1. The molecule has 5 atom stereocenters. The first-order valence-corrected chi connectivity index (χ1v) is 17.0. The number of fused-ring (bicyclic) bond motifs is 2. The number of sulfonamides is 1. The van der Waals surface area contributed by atoms with E-state index in [1.807, 2.05) is 30.4 Å². The lowest BCUT2D eigenvalue weighted by molar-refractivity contribution is 0.0461. The summed E-state index contributed by atoms with van der Waals surface area (Å²) in [4.78, 5) is 14.1. The Morgan fingerprint density at radius 3 is 2.64 bits per heavy atom. The minimum atomic E-state index is -3.56. The summed E-state index contributed by atoms with van der Waals surface area (Å²) >= 11 is 6.28. The van der Waals surface area contributed by atoms with E-state index in [4.69, 9.17) is 21.5 Å². The molecular formula is C32H41ClN2O6S. The van der Waals surface area contributed by atoms with Crippen LogP contribution in [0.1, 0.15) is 72.9 Å². The first-order chi connectivity index (χ1) is 20.1. The molecule has 0 aromatic heterocycles. The lowest BCUT2D eigenvalue weighted by Gasteiger charge is -2.42. The van der Waals surface area contributed by atoms with Crippen LogP contribution in [0.5, 0.6) is 5.75 Å². The molecule has 2 aromatic carbocycles. The van der Waals surface area contributed by atoms with Crippen LogP contribution in [0, 0.1) is 17.8 Å². The number of carboxylic acid groups (broad SMARTS) is 1. The van der Waals surface area contributed by atoms with Crippen LogP contribution >= 0.6 is 11.6 Å². The van der Waals surface area contributed by atoms with Crippen molar-refractivity contribution in [1.82, 2.24) is 0 Å². The van der Waals surface area contributed by atoms with Crippen molar-refractivity contribution >= 4 is 33.3 Å². The number of rotatable bonds is 8. The van der Waals surface area contributed by atoms with Gasteiger partial charge in [-0.15, -0.1) is 0 Å². The molecule has 2 aromatic rings. The predicted octanol–water partition coefficient (Wildman–Crippen LogP) is 5.55. The number of benzene rings is 2. The maximum atomic E-state index is 11.9. The summed E-state index contributed by atoms with van der Waals surface area (Å²) in [5, 5.41) is 26.4. The van der Waals surface area contributed by atoms with Gasteiger partial charge in [-0.05, 0) is 111 Å². The molecule has 10 heteroatoms. The molecule has 0 spiro atoms. The highest BCUT2D eigenvalue weighted by Crippen LogP contribution is 2.41. The summed E-state index contributed by atoms with van der Waals surface area (Å²) < 4.78 is 30.1. The normalized spacial score (nSPS) is 25.5. The Hall–Kier alpha value is -2.59. The van der Waals surface area contributed by atoms with Gasteiger partial charge in [-0.3, -0.25) is 0 Å². The van der Waals surface area contributed by atoms with Gasteiger partial charge in [-0.2, -0.15) is 0 Å². The molecule has 1 aliphatic heterocycles. The minimum absolute atomic E-state index is 0.000803. The number of hydrogen-bond donors (Lipinski definition) is 3. The second-order valence-corrected chi connectivity index (χ2v) is 14.3. The average Bonchev–Trinajstić information content (AvgIpc) is 3.40. The van der Waals surface area contributed by atoms with Gasteiger partial charge in [0.2, 0.25) is 10.0 Å². The number of carbonyl (C=O) groups is 1. The summed E-state index contributed by atoms with van der Waals surface area (Å²) in [6.07, 6.45) is 10.6. The van der Waals surface area contributed by atoms with E-state index in [1.165, 1.54) is 5.56 Å². The Kier molecular flexibility index (Phi) is 9.82. The number of nitrogens with two attached hydrogens (primary N) is 1. The Labute approximate surface area is 253 Å². The highest BCUT2D eigenvalue weighted by Gasteiger charge is 2.37. The van der Waals surface area contributed by atoms with E-state index < -0.39 is 27.3 Å². The Bertz CT molecular complexity index is 1410. The number of primary sulfonamides is 1. The molecule has 0 bridgehead atoms. The van der Waals surface area contributed by atoms with Crippen LogP contribution in [0.4, 0.5) is 5.69 Å². The number of halogens is 1. The Balaban J connectivity index is 1.30. The van der Waals surface area contributed by atoms with Crippen LogP contribution in [-0.4, -0.2) is 49.0 Å². The molecule has 8 nitrogen and oxygen atoms in total. The first kappa shape index (κ1) is 30.9. The lowest BCUT2D eigenvalue weighted by Crippen LogP contribution is -2.43. The predicted molar refractivity (Wildman–Crippen MR) is 165 cm³/mol. The van der Waals surface area contributed by atoms with Crippen molar-refractivity contribution in [3.05, 3.63) is 70.3 Å². The smallest absolute Gasteiger partial charge is 0.335 e. The number of allylic oxidation sites excluding steroid dienone is 1. The van der Waals surface area contributed by atoms with Gasteiger partial charge < -0.3 is 19.8 Å². The summed E-state index contributed by atoms with van der Waals surface area (Å²) in [7, 11) is -3.56. The van der Waals surface area contributed by atoms with Crippen LogP contribution < -0.4 is 14.8 Å². The third-order valence-corrected chi connectivity index (χ3v) is 11.1. The second kappa shape index (κ2) is 13.4. The maximum Gasteiger partial charge on any atom is 0.335 e. The lowest BCUT2D eigenvalue weighted by atomic mass is 9.70. The number of aromatic carboxylic acids is 1. The molecule has 2 fully saturated rings. The van der Waals surface area contributed by atoms with Crippen LogP contribution in [-0.2, 0) is 23.1 Å². The van der Waals surface area contributed by atoms with E-state index in [2.05, 4.69) is 4.90 Å². The maximum absolute atomic E-state index is 11.9. The van der Waals surface area contributed by atoms with Gasteiger partial charge in [0, 0.05) is 18.1 Å². The van der Waals surface area contributed by atoms with Crippen molar-refractivity contribution < 1.29 is 28.2 Å². The number of nitrogens with zero attached hydrogens (tertiary/aromatic N) is 1. The molecule has 3 aliphatic rings. The molecular weight excluding hydrogens is 576 g/mol. The van der Waals surface area contributed by atoms with E-state index in [-0.39, 0.29) is 23.3 Å². The zero-order valence-corrected chi connectivity index (χ0v) is 25.4. The first-order valence-electron chi connectivity index (χ1n) is 15.0. The second-order valence-electron chi connectivity index (χ2n) is 12.1. The fraction of sp³-hybridized carbons (Fsp3) is 0.531. The van der Waals surface area contributed by atoms with Gasteiger partial charge >= 0.3 is 5.97 Å². The van der Waals surface area contributed by atoms with Gasteiger partial charge in [0.1, 0.15) is 12.4 Å². The number of aryl methyl sites for hydroxylation is 1. The quantitative estimate of drug-likeness (QED) is 0.332.